The van der Waals surface area contributed by atoms with Crippen LogP contribution in [-0.2, 0) is 16.6 Å². The Hall–Kier alpha value is -3.19. The zero-order chi connectivity index (χ0) is 26.5. The molecule has 3 aromatic rings. The van der Waals surface area contributed by atoms with Gasteiger partial charge in [0.2, 0.25) is 0 Å². The predicted molar refractivity (Wildman–Crippen MR) is 130 cm³/mol. The highest BCUT2D eigenvalue weighted by atomic mass is 32.1. The number of ether oxygens (including phenoxy) is 1. The summed E-state index contributed by atoms with van der Waals surface area (Å²) >= 11 is 1.56. The average Bonchev–Trinajstić information content (AvgIpc) is 3.52. The maximum absolute atomic E-state index is 12.6. The van der Waals surface area contributed by atoms with Crippen molar-refractivity contribution < 1.29 is 32.6 Å². The zero-order valence-electron chi connectivity index (χ0n) is 20.2. The number of carbonyl (C=O) groups excluding carboxylic acids is 1. The first-order valence-electron chi connectivity index (χ1n) is 11.2. The fourth-order valence-corrected chi connectivity index (χ4v) is 4.52. The molecule has 196 valence electrons. The van der Waals surface area contributed by atoms with Crippen molar-refractivity contribution in [2.75, 3.05) is 45.3 Å². The summed E-state index contributed by atoms with van der Waals surface area (Å²) in [6, 6.07) is 4.07. The topological polar surface area (TPSA) is 101 Å². The summed E-state index contributed by atoms with van der Waals surface area (Å²) in [7, 11) is 5.75. The van der Waals surface area contributed by atoms with Gasteiger partial charge in [0.05, 0.1) is 24.0 Å². The van der Waals surface area contributed by atoms with Crippen LogP contribution in [0.15, 0.2) is 29.2 Å². The number of pyridine rings is 1. The van der Waals surface area contributed by atoms with Crippen molar-refractivity contribution in [2.45, 2.75) is 24.9 Å². The number of aryl methyl sites for hydroxylation is 1. The van der Waals surface area contributed by atoms with Gasteiger partial charge in [0.25, 0.3) is 5.91 Å². The minimum Gasteiger partial charge on any atom is -0.475 e. The van der Waals surface area contributed by atoms with Crippen molar-refractivity contribution in [3.8, 4) is 0 Å². The number of alkyl halides is 3. The van der Waals surface area contributed by atoms with E-state index in [1.54, 1.807) is 18.4 Å². The van der Waals surface area contributed by atoms with Crippen LogP contribution in [0.25, 0.3) is 11.0 Å². The van der Waals surface area contributed by atoms with E-state index in [1.807, 2.05) is 46.7 Å². The van der Waals surface area contributed by atoms with E-state index in [4.69, 9.17) is 19.6 Å². The van der Waals surface area contributed by atoms with E-state index in [9.17, 15) is 18.0 Å². The number of imidazole rings is 1. The number of aromatic nitrogens is 3. The fourth-order valence-electron chi connectivity index (χ4n) is 3.89. The smallest absolute Gasteiger partial charge is 0.475 e. The maximum atomic E-state index is 12.6. The van der Waals surface area contributed by atoms with Crippen LogP contribution in [0.4, 0.5) is 19.0 Å². The predicted octanol–water partition coefficient (Wildman–Crippen LogP) is 3.77. The molecule has 4 rings (SSSR count). The molecule has 4 heterocycles. The standard InChI is InChI=1S/C21H27N5O2S.C2HF3O2/c1-24(9-10-28-3)20-19-18(25(2)14-22-19)12-17(23-20)15-4-7-26(8-5-15)21(27)16-6-11-29-13-16;3-2(4,5)1(6)7/h6,11-15H,4-5,7-10H2,1-3H3;(H,6,7). The minimum absolute atomic E-state index is 0.139. The Bertz CT molecular complexity index is 1170. The number of carboxylic acids is 1. The van der Waals surface area contributed by atoms with E-state index in [1.165, 1.54) is 0 Å². The number of halogens is 3. The number of amides is 1. The lowest BCUT2D eigenvalue weighted by molar-refractivity contribution is -0.192. The normalized spacial score (nSPS) is 14.4. The molecule has 1 aliphatic heterocycles. The summed E-state index contributed by atoms with van der Waals surface area (Å²) in [6.07, 6.45) is -1.40. The Morgan fingerprint density at radius 1 is 1.31 bits per heavy atom. The number of thiophene rings is 1. The van der Waals surface area contributed by atoms with Gasteiger partial charge in [0.15, 0.2) is 5.82 Å². The summed E-state index contributed by atoms with van der Waals surface area (Å²) in [4.78, 5) is 35.2. The number of methoxy groups -OCH3 is 1. The number of carboxylic acid groups (broad SMARTS) is 1. The molecule has 0 unspecified atom stereocenters. The van der Waals surface area contributed by atoms with Crippen LogP contribution >= 0.6 is 11.3 Å². The number of likely N-dealkylation sites (N-methyl/N-ethyl adjacent to an activating group) is 1. The molecule has 1 amide bonds. The van der Waals surface area contributed by atoms with Crippen molar-refractivity contribution in [3.63, 3.8) is 0 Å². The fraction of sp³-hybridized carbons (Fsp3) is 0.478. The monoisotopic (exact) mass is 527 g/mol. The molecule has 3 aromatic heterocycles. The molecule has 0 radical (unpaired) electrons. The highest BCUT2D eigenvalue weighted by Crippen LogP contribution is 2.32. The van der Waals surface area contributed by atoms with Crippen LogP contribution in [-0.4, -0.2) is 83.0 Å². The van der Waals surface area contributed by atoms with Crippen molar-refractivity contribution in [2.24, 2.45) is 7.05 Å². The number of piperidine rings is 1. The van der Waals surface area contributed by atoms with E-state index in [-0.39, 0.29) is 5.91 Å². The number of fused-ring (bicyclic) bond motifs is 1. The van der Waals surface area contributed by atoms with Gasteiger partial charge in [-0.05, 0) is 30.4 Å². The summed E-state index contributed by atoms with van der Waals surface area (Å²) in [5, 5.41) is 11.0. The Morgan fingerprint density at radius 3 is 2.53 bits per heavy atom. The van der Waals surface area contributed by atoms with Crippen LogP contribution in [0.3, 0.4) is 0 Å². The molecule has 13 heteroatoms. The second-order valence-electron chi connectivity index (χ2n) is 8.39. The number of hydrogen-bond acceptors (Lipinski definition) is 7. The molecular weight excluding hydrogens is 499 g/mol. The molecule has 36 heavy (non-hydrogen) atoms. The molecule has 0 spiro atoms. The third-order valence-corrected chi connectivity index (χ3v) is 6.60. The summed E-state index contributed by atoms with van der Waals surface area (Å²) < 4.78 is 39.0. The van der Waals surface area contributed by atoms with Gasteiger partial charge in [-0.15, -0.1) is 0 Å². The second-order valence-corrected chi connectivity index (χ2v) is 9.17. The average molecular weight is 528 g/mol. The zero-order valence-corrected chi connectivity index (χ0v) is 21.0. The molecule has 1 N–H and O–H groups in total. The van der Waals surface area contributed by atoms with Gasteiger partial charge in [-0.1, -0.05) is 0 Å². The first-order valence-corrected chi connectivity index (χ1v) is 12.1. The SMILES string of the molecule is COCCN(C)c1nc(C2CCN(C(=O)c3ccsc3)CC2)cc2c1ncn2C.O=C(O)C(F)(F)F. The lowest BCUT2D eigenvalue weighted by Gasteiger charge is -2.32. The quantitative estimate of drug-likeness (QED) is 0.521. The summed E-state index contributed by atoms with van der Waals surface area (Å²) in [5.74, 6) is -1.38. The molecule has 0 atom stereocenters. The number of carbonyl (C=O) groups is 2. The molecule has 1 aliphatic rings. The number of nitrogens with zero attached hydrogens (tertiary/aromatic N) is 5. The highest BCUT2D eigenvalue weighted by Gasteiger charge is 2.38. The Balaban J connectivity index is 0.000000454. The molecule has 1 fully saturated rings. The van der Waals surface area contributed by atoms with Gasteiger partial charge in [0, 0.05) is 57.8 Å². The number of anilines is 1. The largest absolute Gasteiger partial charge is 0.490 e. The highest BCUT2D eigenvalue weighted by molar-refractivity contribution is 7.08. The van der Waals surface area contributed by atoms with Crippen LogP contribution in [0.2, 0.25) is 0 Å². The third-order valence-electron chi connectivity index (χ3n) is 5.92. The molecule has 0 aromatic carbocycles. The Morgan fingerprint density at radius 2 is 1.97 bits per heavy atom. The van der Waals surface area contributed by atoms with Crippen LogP contribution in [0, 0.1) is 0 Å². The molecule has 0 aliphatic carbocycles. The first kappa shape index (κ1) is 27.4. The summed E-state index contributed by atoms with van der Waals surface area (Å²) in [6.45, 7) is 2.92. The van der Waals surface area contributed by atoms with E-state index in [2.05, 4.69) is 16.0 Å². The third kappa shape index (κ3) is 6.52. The van der Waals surface area contributed by atoms with Crippen LogP contribution in [0.1, 0.15) is 34.8 Å². The van der Waals surface area contributed by atoms with E-state index in [0.29, 0.717) is 12.5 Å². The van der Waals surface area contributed by atoms with Gasteiger partial charge in [-0.2, -0.15) is 24.5 Å². The van der Waals surface area contributed by atoms with Crippen LogP contribution < -0.4 is 4.90 Å². The Labute approximate surface area is 210 Å². The molecular formula is C23H28F3N5O4S. The molecule has 0 saturated carbocycles. The molecule has 9 nitrogen and oxygen atoms in total. The maximum Gasteiger partial charge on any atom is 0.490 e. The first-order chi connectivity index (χ1) is 17.0. The van der Waals surface area contributed by atoms with Gasteiger partial charge in [0.1, 0.15) is 5.52 Å². The molecule has 0 bridgehead atoms. The van der Waals surface area contributed by atoms with E-state index >= 15 is 0 Å². The van der Waals surface area contributed by atoms with Gasteiger partial charge >= 0.3 is 12.1 Å². The van der Waals surface area contributed by atoms with Crippen molar-refractivity contribution in [1.29, 1.82) is 0 Å². The minimum atomic E-state index is -5.08. The van der Waals surface area contributed by atoms with Crippen LogP contribution in [0.5, 0.6) is 0 Å². The number of aliphatic carboxylic acids is 1. The van der Waals surface area contributed by atoms with Gasteiger partial charge in [-0.3, -0.25) is 4.79 Å². The van der Waals surface area contributed by atoms with E-state index < -0.39 is 12.1 Å². The van der Waals surface area contributed by atoms with Crippen molar-refractivity contribution >= 4 is 40.1 Å². The lowest BCUT2D eigenvalue weighted by Crippen LogP contribution is -2.38. The molecule has 1 saturated heterocycles. The Kier molecular flexibility index (Phi) is 8.90. The summed E-state index contributed by atoms with van der Waals surface area (Å²) in [5.41, 5.74) is 3.89. The van der Waals surface area contributed by atoms with Crippen molar-refractivity contribution in [3.05, 3.63) is 40.5 Å². The lowest BCUT2D eigenvalue weighted by atomic mass is 9.92. The number of rotatable bonds is 6. The van der Waals surface area contributed by atoms with Gasteiger partial charge in [-0.25, -0.2) is 14.8 Å². The second kappa shape index (κ2) is 11.7. The van der Waals surface area contributed by atoms with Crippen molar-refractivity contribution in [1.82, 2.24) is 19.4 Å². The number of hydrogen-bond donors (Lipinski definition) is 1. The van der Waals surface area contributed by atoms with Gasteiger partial charge < -0.3 is 24.2 Å². The number of likely N-dealkylation sites (tertiary alicyclic amines) is 1. The van der Waals surface area contributed by atoms with E-state index in [0.717, 1.165) is 60.6 Å².